The SMILES string of the molecule is CCN1CCCCC1CNS(=O)(=O)CCOc1ccc(F)cc1. The minimum atomic E-state index is -3.37. The van der Waals surface area contributed by atoms with Crippen LogP contribution in [0.5, 0.6) is 5.75 Å². The number of sulfonamides is 1. The van der Waals surface area contributed by atoms with Crippen LogP contribution in [-0.4, -0.2) is 51.4 Å². The standard InChI is InChI=1S/C16H25FN2O3S/c1-2-19-10-4-3-5-15(19)13-18-23(20,21)12-11-22-16-8-6-14(17)7-9-16/h6-9,15,18H,2-5,10-13H2,1H3. The van der Waals surface area contributed by atoms with Crippen molar-refractivity contribution in [3.63, 3.8) is 0 Å². The first-order valence-electron chi connectivity index (χ1n) is 8.10. The van der Waals surface area contributed by atoms with Gasteiger partial charge in [-0.05, 0) is 50.2 Å². The first-order chi connectivity index (χ1) is 11.0. The summed E-state index contributed by atoms with van der Waals surface area (Å²) in [6.45, 7) is 4.58. The summed E-state index contributed by atoms with van der Waals surface area (Å²) in [5.41, 5.74) is 0. The Morgan fingerprint density at radius 3 is 2.74 bits per heavy atom. The van der Waals surface area contributed by atoms with Crippen LogP contribution >= 0.6 is 0 Å². The maximum Gasteiger partial charge on any atom is 0.215 e. The predicted molar refractivity (Wildman–Crippen MR) is 88.6 cm³/mol. The maximum atomic E-state index is 12.8. The van der Waals surface area contributed by atoms with Crippen LogP contribution in [0.15, 0.2) is 24.3 Å². The molecule has 1 aliphatic heterocycles. The van der Waals surface area contributed by atoms with E-state index >= 15 is 0 Å². The van der Waals surface area contributed by atoms with Gasteiger partial charge >= 0.3 is 0 Å². The Balaban J connectivity index is 1.74. The highest BCUT2D eigenvalue weighted by molar-refractivity contribution is 7.89. The molecule has 0 saturated carbocycles. The average molecular weight is 344 g/mol. The molecule has 1 aromatic rings. The molecule has 1 fully saturated rings. The highest BCUT2D eigenvalue weighted by Crippen LogP contribution is 2.16. The van der Waals surface area contributed by atoms with Crippen molar-refractivity contribution in [3.05, 3.63) is 30.1 Å². The second-order valence-corrected chi connectivity index (χ2v) is 7.67. The summed E-state index contributed by atoms with van der Waals surface area (Å²) in [5.74, 6) is 0.00842. The van der Waals surface area contributed by atoms with Gasteiger partial charge in [-0.15, -0.1) is 0 Å². The van der Waals surface area contributed by atoms with E-state index in [2.05, 4.69) is 16.5 Å². The lowest BCUT2D eigenvalue weighted by atomic mass is 10.0. The average Bonchev–Trinajstić information content (AvgIpc) is 2.55. The lowest BCUT2D eigenvalue weighted by Gasteiger charge is -2.34. The summed E-state index contributed by atoms with van der Waals surface area (Å²) in [6.07, 6.45) is 3.36. The van der Waals surface area contributed by atoms with Gasteiger partial charge in [-0.2, -0.15) is 0 Å². The first-order valence-corrected chi connectivity index (χ1v) is 9.75. The van der Waals surface area contributed by atoms with E-state index < -0.39 is 10.0 Å². The van der Waals surface area contributed by atoms with Gasteiger partial charge < -0.3 is 4.74 Å². The summed E-state index contributed by atoms with van der Waals surface area (Å²) in [7, 11) is -3.37. The third-order valence-electron chi connectivity index (χ3n) is 4.13. The summed E-state index contributed by atoms with van der Waals surface area (Å²) < 4.78 is 44.9. The number of likely N-dealkylation sites (N-methyl/N-ethyl adjacent to an activating group) is 1. The van der Waals surface area contributed by atoms with E-state index in [9.17, 15) is 12.8 Å². The van der Waals surface area contributed by atoms with E-state index in [1.165, 1.54) is 30.7 Å². The van der Waals surface area contributed by atoms with E-state index in [-0.39, 0.29) is 24.2 Å². The van der Waals surface area contributed by atoms with Gasteiger partial charge in [0.05, 0.1) is 5.75 Å². The van der Waals surface area contributed by atoms with E-state index in [1.807, 2.05) is 0 Å². The molecule has 0 aliphatic carbocycles. The monoisotopic (exact) mass is 344 g/mol. The van der Waals surface area contributed by atoms with Crippen LogP contribution in [0.4, 0.5) is 4.39 Å². The Kier molecular flexibility index (Phi) is 6.80. The molecule has 1 N–H and O–H groups in total. The van der Waals surface area contributed by atoms with Crippen molar-refractivity contribution in [2.24, 2.45) is 0 Å². The number of piperidine rings is 1. The maximum absolute atomic E-state index is 12.8. The van der Waals surface area contributed by atoms with Gasteiger partial charge in [0.2, 0.25) is 10.0 Å². The number of nitrogens with one attached hydrogen (secondary N) is 1. The number of hydrogen-bond acceptors (Lipinski definition) is 4. The summed E-state index contributed by atoms with van der Waals surface area (Å²) in [5, 5.41) is 0. The fourth-order valence-corrected chi connectivity index (χ4v) is 3.70. The third kappa shape index (κ3) is 6.08. The normalized spacial score (nSPS) is 19.7. The molecular formula is C16H25FN2O3S. The highest BCUT2D eigenvalue weighted by atomic mass is 32.2. The molecule has 2 rings (SSSR count). The van der Waals surface area contributed by atoms with Crippen molar-refractivity contribution in [3.8, 4) is 5.75 Å². The molecule has 1 heterocycles. The molecule has 1 aromatic carbocycles. The van der Waals surface area contributed by atoms with Crippen molar-refractivity contribution < 1.29 is 17.5 Å². The number of nitrogens with zero attached hydrogens (tertiary/aromatic N) is 1. The van der Waals surface area contributed by atoms with Crippen molar-refractivity contribution in [2.45, 2.75) is 32.2 Å². The molecule has 1 unspecified atom stereocenters. The van der Waals surface area contributed by atoms with Gasteiger partial charge in [-0.25, -0.2) is 17.5 Å². The molecule has 23 heavy (non-hydrogen) atoms. The van der Waals surface area contributed by atoms with Crippen molar-refractivity contribution >= 4 is 10.0 Å². The fourth-order valence-electron chi connectivity index (χ4n) is 2.80. The molecule has 1 atom stereocenters. The molecule has 0 spiro atoms. The van der Waals surface area contributed by atoms with Crippen molar-refractivity contribution in [1.29, 1.82) is 0 Å². The number of likely N-dealkylation sites (tertiary alicyclic amines) is 1. The first kappa shape index (κ1) is 18.2. The molecule has 7 heteroatoms. The van der Waals surface area contributed by atoms with Gasteiger partial charge in [-0.1, -0.05) is 13.3 Å². The second kappa shape index (κ2) is 8.61. The zero-order chi connectivity index (χ0) is 16.7. The van der Waals surface area contributed by atoms with Crippen LogP contribution in [0.1, 0.15) is 26.2 Å². The summed E-state index contributed by atoms with van der Waals surface area (Å²) in [4.78, 5) is 2.32. The van der Waals surface area contributed by atoms with E-state index in [4.69, 9.17) is 4.74 Å². The van der Waals surface area contributed by atoms with Crippen LogP contribution in [-0.2, 0) is 10.0 Å². The van der Waals surface area contributed by atoms with Crippen LogP contribution in [0.25, 0.3) is 0 Å². The number of ether oxygens (including phenoxy) is 1. The van der Waals surface area contributed by atoms with Gasteiger partial charge in [0.15, 0.2) is 0 Å². The van der Waals surface area contributed by atoms with Crippen LogP contribution in [0.3, 0.4) is 0 Å². The minimum absolute atomic E-state index is 0.0448. The molecule has 0 radical (unpaired) electrons. The van der Waals surface area contributed by atoms with E-state index in [1.54, 1.807) is 0 Å². The van der Waals surface area contributed by atoms with Crippen LogP contribution < -0.4 is 9.46 Å². The van der Waals surface area contributed by atoms with Crippen LogP contribution in [0, 0.1) is 5.82 Å². The molecular weight excluding hydrogens is 319 g/mol. The van der Waals surface area contributed by atoms with Gasteiger partial charge in [0, 0.05) is 12.6 Å². The number of halogens is 1. The molecule has 5 nitrogen and oxygen atoms in total. The smallest absolute Gasteiger partial charge is 0.215 e. The molecule has 130 valence electrons. The molecule has 1 aliphatic rings. The van der Waals surface area contributed by atoms with Gasteiger partial charge in [-0.3, -0.25) is 4.90 Å². The van der Waals surface area contributed by atoms with Crippen molar-refractivity contribution in [2.75, 3.05) is 32.0 Å². The molecule has 0 aromatic heterocycles. The molecule has 1 saturated heterocycles. The lowest BCUT2D eigenvalue weighted by molar-refractivity contribution is 0.158. The van der Waals surface area contributed by atoms with Crippen LogP contribution in [0.2, 0.25) is 0 Å². The topological polar surface area (TPSA) is 58.6 Å². The molecule has 0 bridgehead atoms. The number of hydrogen-bond donors (Lipinski definition) is 1. The largest absolute Gasteiger partial charge is 0.492 e. The predicted octanol–water partition coefficient (Wildman–Crippen LogP) is 2.00. The van der Waals surface area contributed by atoms with Crippen molar-refractivity contribution in [1.82, 2.24) is 9.62 Å². The zero-order valence-corrected chi connectivity index (χ0v) is 14.3. The Bertz CT molecular complexity index is 577. The molecule has 0 amide bonds. The quantitative estimate of drug-likeness (QED) is 0.784. The summed E-state index contributed by atoms with van der Waals surface area (Å²) in [6, 6.07) is 5.81. The highest BCUT2D eigenvalue weighted by Gasteiger charge is 2.22. The third-order valence-corrected chi connectivity index (χ3v) is 5.44. The number of rotatable bonds is 8. The minimum Gasteiger partial charge on any atom is -0.492 e. The summed E-state index contributed by atoms with van der Waals surface area (Å²) >= 11 is 0. The number of benzene rings is 1. The Morgan fingerprint density at radius 1 is 1.30 bits per heavy atom. The lowest BCUT2D eigenvalue weighted by Crippen LogP contribution is -2.47. The Hall–Kier alpha value is -1.18. The Morgan fingerprint density at radius 2 is 2.04 bits per heavy atom. The van der Waals surface area contributed by atoms with E-state index in [0.29, 0.717) is 12.3 Å². The van der Waals surface area contributed by atoms with Gasteiger partial charge in [0.25, 0.3) is 0 Å². The van der Waals surface area contributed by atoms with Gasteiger partial charge in [0.1, 0.15) is 18.2 Å². The fraction of sp³-hybridized carbons (Fsp3) is 0.625. The zero-order valence-electron chi connectivity index (χ0n) is 13.5. The Labute approximate surface area is 137 Å². The van der Waals surface area contributed by atoms with E-state index in [0.717, 1.165) is 25.9 Å². The second-order valence-electron chi connectivity index (χ2n) is 5.75.